The minimum absolute atomic E-state index is 0.0184. The topological polar surface area (TPSA) is 22.1 Å². The Bertz CT molecular complexity index is 762. The van der Waals surface area contributed by atoms with Gasteiger partial charge in [0, 0.05) is 6.20 Å². The molecule has 11 heteroatoms. The zero-order valence-electron chi connectivity index (χ0n) is 11.7. The number of rotatable bonds is 2. The normalized spacial score (nSPS) is 13.0. The number of benzene rings is 1. The van der Waals surface area contributed by atoms with Gasteiger partial charge in [-0.3, -0.25) is 4.98 Å². The molecule has 0 unspecified atom stereocenters. The van der Waals surface area contributed by atoms with Crippen molar-refractivity contribution in [2.24, 2.45) is 0 Å². The molecule has 0 radical (unpaired) electrons. The summed E-state index contributed by atoms with van der Waals surface area (Å²) in [6.45, 7) is 0. The van der Waals surface area contributed by atoms with Crippen molar-refractivity contribution in [3.8, 4) is 16.9 Å². The third-order valence-electron chi connectivity index (χ3n) is 2.88. The lowest BCUT2D eigenvalue weighted by atomic mass is 10.00. The number of aromatic nitrogens is 1. The number of ether oxygens (including phenoxy) is 1. The lowest BCUT2D eigenvalue weighted by Crippen LogP contribution is -2.17. The van der Waals surface area contributed by atoms with Gasteiger partial charge in [-0.1, -0.05) is 12.1 Å². The lowest BCUT2D eigenvalue weighted by molar-refractivity contribution is -0.274. The van der Waals surface area contributed by atoms with Gasteiger partial charge in [-0.2, -0.15) is 26.3 Å². The second-order valence-electron chi connectivity index (χ2n) is 4.69. The van der Waals surface area contributed by atoms with Crippen molar-refractivity contribution < 1.29 is 44.3 Å². The number of pyridine rings is 1. The number of nitrogens with zero attached hydrogens (tertiary/aromatic N) is 1. The minimum Gasteiger partial charge on any atom is -0.406 e. The van der Waals surface area contributed by atoms with Crippen LogP contribution in [0.4, 0.5) is 39.5 Å². The van der Waals surface area contributed by atoms with E-state index in [1.54, 1.807) is 0 Å². The largest absolute Gasteiger partial charge is 0.573 e. The van der Waals surface area contributed by atoms with E-state index >= 15 is 0 Å². The van der Waals surface area contributed by atoms with Gasteiger partial charge in [0.15, 0.2) is 0 Å². The van der Waals surface area contributed by atoms with E-state index in [9.17, 15) is 39.5 Å². The summed E-state index contributed by atoms with van der Waals surface area (Å²) in [4.78, 5) is 2.73. The molecule has 0 saturated heterocycles. The zero-order chi connectivity index (χ0) is 19.0. The van der Waals surface area contributed by atoms with Crippen LogP contribution in [0.25, 0.3) is 11.1 Å². The first kappa shape index (κ1) is 18.9. The predicted molar refractivity (Wildman–Crippen MR) is 66.4 cm³/mol. The highest BCUT2D eigenvalue weighted by Gasteiger charge is 2.38. The van der Waals surface area contributed by atoms with E-state index in [1.807, 2.05) is 0 Å². The molecule has 136 valence electrons. The molecule has 2 nitrogen and oxygen atoms in total. The molecule has 0 N–H and O–H groups in total. The summed E-state index contributed by atoms with van der Waals surface area (Å²) in [6, 6.07) is 3.32. The molecule has 1 aromatic carbocycles. The van der Waals surface area contributed by atoms with Gasteiger partial charge in [-0.25, -0.2) is 0 Å². The Hall–Kier alpha value is -2.46. The lowest BCUT2D eigenvalue weighted by Gasteiger charge is -2.16. The van der Waals surface area contributed by atoms with Gasteiger partial charge in [-0.05, 0) is 29.3 Å². The predicted octanol–water partition coefficient (Wildman–Crippen LogP) is 5.68. The maximum Gasteiger partial charge on any atom is 0.573 e. The van der Waals surface area contributed by atoms with Crippen molar-refractivity contribution in [3.63, 3.8) is 0 Å². The van der Waals surface area contributed by atoms with Gasteiger partial charge in [0.25, 0.3) is 0 Å². The highest BCUT2D eigenvalue weighted by atomic mass is 19.4. The fourth-order valence-electron chi connectivity index (χ4n) is 1.94. The Balaban J connectivity index is 2.62. The Morgan fingerprint density at radius 3 is 1.96 bits per heavy atom. The monoisotopic (exact) mass is 375 g/mol. The van der Waals surface area contributed by atoms with Crippen molar-refractivity contribution in [1.29, 1.82) is 0 Å². The van der Waals surface area contributed by atoms with E-state index in [-0.39, 0.29) is 12.3 Å². The van der Waals surface area contributed by atoms with Gasteiger partial charge < -0.3 is 4.74 Å². The van der Waals surface area contributed by atoms with Gasteiger partial charge in [-0.15, -0.1) is 13.2 Å². The molecule has 0 bridgehead atoms. The van der Waals surface area contributed by atoms with E-state index in [0.29, 0.717) is 6.07 Å². The van der Waals surface area contributed by atoms with E-state index in [4.69, 9.17) is 0 Å². The third-order valence-corrected chi connectivity index (χ3v) is 2.88. The van der Waals surface area contributed by atoms with Crippen LogP contribution in [0.1, 0.15) is 11.3 Å². The van der Waals surface area contributed by atoms with Crippen molar-refractivity contribution in [3.05, 3.63) is 47.8 Å². The van der Waals surface area contributed by atoms with Crippen LogP contribution in [0, 0.1) is 0 Å². The quantitative estimate of drug-likeness (QED) is 0.630. The molecule has 0 aliphatic rings. The molecule has 0 spiro atoms. The van der Waals surface area contributed by atoms with Gasteiger partial charge in [0.2, 0.25) is 0 Å². The van der Waals surface area contributed by atoms with E-state index in [2.05, 4.69) is 9.72 Å². The molecule has 0 amide bonds. The molecule has 0 aliphatic carbocycles. The van der Waals surface area contributed by atoms with Crippen molar-refractivity contribution >= 4 is 0 Å². The highest BCUT2D eigenvalue weighted by molar-refractivity contribution is 5.69. The van der Waals surface area contributed by atoms with Crippen LogP contribution in [0.2, 0.25) is 0 Å². The minimum atomic E-state index is -5.11. The average Bonchev–Trinajstić information content (AvgIpc) is 2.43. The van der Waals surface area contributed by atoms with Crippen molar-refractivity contribution in [1.82, 2.24) is 4.98 Å². The molecule has 25 heavy (non-hydrogen) atoms. The fourth-order valence-corrected chi connectivity index (χ4v) is 1.94. The Morgan fingerprint density at radius 2 is 1.44 bits per heavy atom. The second kappa shape index (κ2) is 6.12. The number of alkyl halides is 9. The SMILES string of the molecule is FC(F)(F)Oc1cccc(-c2cc(C(F)(F)F)ncc2C(F)(F)F)c1. The summed E-state index contributed by atoms with van der Waals surface area (Å²) >= 11 is 0. The molecule has 2 rings (SSSR count). The number of hydrogen-bond donors (Lipinski definition) is 0. The summed E-state index contributed by atoms with van der Waals surface area (Å²) in [5.41, 5.74) is -4.65. The van der Waals surface area contributed by atoms with Crippen LogP contribution in [0.15, 0.2) is 36.5 Å². The molecule has 1 heterocycles. The first-order chi connectivity index (χ1) is 11.3. The summed E-state index contributed by atoms with van der Waals surface area (Å²) in [7, 11) is 0. The summed E-state index contributed by atoms with van der Waals surface area (Å²) in [5, 5.41) is 0. The summed E-state index contributed by atoms with van der Waals surface area (Å²) in [5.74, 6) is -0.872. The van der Waals surface area contributed by atoms with Gasteiger partial charge in [0.05, 0.1) is 5.56 Å². The van der Waals surface area contributed by atoms with Crippen molar-refractivity contribution in [2.45, 2.75) is 18.7 Å². The fraction of sp³-hybridized carbons (Fsp3) is 0.214. The Labute approximate surface area is 133 Å². The molecular weight excluding hydrogens is 369 g/mol. The van der Waals surface area contributed by atoms with Gasteiger partial charge in [0.1, 0.15) is 11.4 Å². The molecule has 0 fully saturated rings. The maximum absolute atomic E-state index is 13.0. The maximum atomic E-state index is 13.0. The molecule has 0 atom stereocenters. The molecule has 2 aromatic rings. The summed E-state index contributed by atoms with van der Waals surface area (Å²) in [6.07, 6.45) is -15.2. The first-order valence-electron chi connectivity index (χ1n) is 6.28. The number of halogens is 9. The Kier molecular flexibility index (Phi) is 4.62. The highest BCUT2D eigenvalue weighted by Crippen LogP contribution is 2.40. The third kappa shape index (κ3) is 4.77. The second-order valence-corrected chi connectivity index (χ2v) is 4.69. The first-order valence-corrected chi connectivity index (χ1v) is 6.28. The number of hydrogen-bond acceptors (Lipinski definition) is 2. The standard InChI is InChI=1S/C14H6F9NO/c15-12(16,17)10-6-24-11(13(18,19)20)5-9(10)7-2-1-3-8(4-7)25-14(21,22)23/h1-6H. The van der Waals surface area contributed by atoms with E-state index in [1.165, 1.54) is 0 Å². The van der Waals surface area contributed by atoms with E-state index in [0.717, 1.165) is 18.2 Å². The van der Waals surface area contributed by atoms with Crippen LogP contribution >= 0.6 is 0 Å². The molecule has 1 aromatic heterocycles. The smallest absolute Gasteiger partial charge is 0.406 e. The van der Waals surface area contributed by atoms with Crippen LogP contribution in [-0.4, -0.2) is 11.3 Å². The molecule has 0 aliphatic heterocycles. The van der Waals surface area contributed by atoms with Gasteiger partial charge >= 0.3 is 18.7 Å². The van der Waals surface area contributed by atoms with Crippen molar-refractivity contribution in [2.75, 3.05) is 0 Å². The zero-order valence-corrected chi connectivity index (χ0v) is 11.7. The van der Waals surface area contributed by atoms with E-state index < -0.39 is 46.8 Å². The molecule has 0 saturated carbocycles. The summed E-state index contributed by atoms with van der Waals surface area (Å²) < 4.78 is 117. The van der Waals surface area contributed by atoms with Crippen LogP contribution in [-0.2, 0) is 12.4 Å². The van der Waals surface area contributed by atoms with Crippen LogP contribution < -0.4 is 4.74 Å². The molecular formula is C14H6F9NO. The van der Waals surface area contributed by atoms with Crippen LogP contribution in [0.5, 0.6) is 5.75 Å². The average molecular weight is 375 g/mol. The van der Waals surface area contributed by atoms with Crippen LogP contribution in [0.3, 0.4) is 0 Å². The Morgan fingerprint density at radius 1 is 0.800 bits per heavy atom.